The maximum Gasteiger partial charge on any atom is 0.338 e. The van der Waals surface area contributed by atoms with Crippen LogP contribution in [-0.2, 0) is 26.1 Å². The topological polar surface area (TPSA) is 92.8 Å². The monoisotopic (exact) mass is 418 g/mol. The Kier molecular flexibility index (Phi) is 7.92. The van der Waals surface area contributed by atoms with Gasteiger partial charge in [-0.05, 0) is 36.8 Å². The minimum Gasteiger partial charge on any atom is -0.449 e. The van der Waals surface area contributed by atoms with Crippen LogP contribution in [0.2, 0.25) is 0 Å². The Bertz CT molecular complexity index is 923. The number of carbonyl (C=O) groups is 2. The van der Waals surface area contributed by atoms with Crippen molar-refractivity contribution in [3.05, 3.63) is 65.7 Å². The van der Waals surface area contributed by atoms with Gasteiger partial charge in [0.2, 0.25) is 10.0 Å². The van der Waals surface area contributed by atoms with E-state index in [9.17, 15) is 18.0 Å². The summed E-state index contributed by atoms with van der Waals surface area (Å²) in [5, 5.41) is 2.71. The summed E-state index contributed by atoms with van der Waals surface area (Å²) in [7, 11) is -3.60. The van der Waals surface area contributed by atoms with Gasteiger partial charge in [-0.1, -0.05) is 44.2 Å². The Hall–Kier alpha value is -2.71. The van der Waals surface area contributed by atoms with Crippen molar-refractivity contribution < 1.29 is 22.7 Å². The first kappa shape index (κ1) is 22.6. The van der Waals surface area contributed by atoms with Crippen LogP contribution in [0.4, 0.5) is 0 Å². The molecule has 156 valence electrons. The van der Waals surface area contributed by atoms with E-state index in [1.807, 2.05) is 30.3 Å². The largest absolute Gasteiger partial charge is 0.449 e. The van der Waals surface area contributed by atoms with Gasteiger partial charge in [0.05, 0.1) is 10.5 Å². The molecule has 0 radical (unpaired) electrons. The summed E-state index contributed by atoms with van der Waals surface area (Å²) in [5.41, 5.74) is 1.11. The molecule has 0 aromatic heterocycles. The third-order valence-corrected chi connectivity index (χ3v) is 6.46. The Morgan fingerprint density at radius 1 is 1.00 bits per heavy atom. The molecule has 0 heterocycles. The van der Waals surface area contributed by atoms with Crippen molar-refractivity contribution in [2.24, 2.45) is 0 Å². The van der Waals surface area contributed by atoms with Gasteiger partial charge in [0.15, 0.2) is 6.10 Å². The van der Waals surface area contributed by atoms with Crippen molar-refractivity contribution in [1.82, 2.24) is 9.62 Å². The number of nitrogens with one attached hydrogen (secondary N) is 1. The van der Waals surface area contributed by atoms with Gasteiger partial charge >= 0.3 is 5.97 Å². The van der Waals surface area contributed by atoms with Gasteiger partial charge in [-0.2, -0.15) is 4.31 Å². The second-order valence-electron chi connectivity index (χ2n) is 6.36. The lowest BCUT2D eigenvalue weighted by Crippen LogP contribution is -2.35. The normalized spacial score (nSPS) is 12.4. The zero-order chi connectivity index (χ0) is 21.4. The van der Waals surface area contributed by atoms with Crippen molar-refractivity contribution in [2.45, 2.75) is 38.3 Å². The summed E-state index contributed by atoms with van der Waals surface area (Å²) in [5.74, 6) is -1.11. The number of carbonyl (C=O) groups excluding carboxylic acids is 2. The van der Waals surface area contributed by atoms with Crippen molar-refractivity contribution >= 4 is 21.9 Å². The van der Waals surface area contributed by atoms with Crippen LogP contribution in [0.5, 0.6) is 0 Å². The molecule has 7 nitrogen and oxygen atoms in total. The first-order valence-corrected chi connectivity index (χ1v) is 10.9. The van der Waals surface area contributed by atoms with Crippen molar-refractivity contribution in [3.63, 3.8) is 0 Å². The zero-order valence-corrected chi connectivity index (χ0v) is 17.6. The van der Waals surface area contributed by atoms with E-state index in [0.29, 0.717) is 19.6 Å². The molecule has 0 spiro atoms. The lowest BCUT2D eigenvalue weighted by molar-refractivity contribution is -0.129. The lowest BCUT2D eigenvalue weighted by Gasteiger charge is -2.18. The van der Waals surface area contributed by atoms with Crippen LogP contribution >= 0.6 is 0 Å². The lowest BCUT2D eigenvalue weighted by atomic mass is 10.2. The summed E-state index contributed by atoms with van der Waals surface area (Å²) >= 11 is 0. The Labute approximate surface area is 171 Å². The molecule has 0 bridgehead atoms. The van der Waals surface area contributed by atoms with Gasteiger partial charge in [-0.15, -0.1) is 0 Å². The number of ether oxygens (including phenoxy) is 1. The smallest absolute Gasteiger partial charge is 0.338 e. The van der Waals surface area contributed by atoms with E-state index in [0.717, 1.165) is 5.56 Å². The quantitative estimate of drug-likeness (QED) is 0.632. The molecule has 0 unspecified atom stereocenters. The van der Waals surface area contributed by atoms with E-state index < -0.39 is 28.0 Å². The van der Waals surface area contributed by atoms with Crippen LogP contribution in [0.25, 0.3) is 0 Å². The summed E-state index contributed by atoms with van der Waals surface area (Å²) in [4.78, 5) is 24.5. The van der Waals surface area contributed by atoms with Gasteiger partial charge in [0.1, 0.15) is 0 Å². The second kappa shape index (κ2) is 10.2. The summed E-state index contributed by atoms with van der Waals surface area (Å²) in [6, 6.07) is 14.9. The van der Waals surface area contributed by atoms with E-state index in [-0.39, 0.29) is 10.5 Å². The maximum absolute atomic E-state index is 12.5. The first-order valence-electron chi connectivity index (χ1n) is 9.42. The van der Waals surface area contributed by atoms with Crippen LogP contribution < -0.4 is 5.32 Å². The van der Waals surface area contributed by atoms with Crippen molar-refractivity contribution in [2.75, 3.05) is 13.1 Å². The minimum atomic E-state index is -3.60. The molecule has 0 aliphatic heterocycles. The van der Waals surface area contributed by atoms with Gasteiger partial charge in [-0.25, -0.2) is 13.2 Å². The number of hydrogen-bond acceptors (Lipinski definition) is 5. The highest BCUT2D eigenvalue weighted by Crippen LogP contribution is 2.17. The number of nitrogens with zero attached hydrogens (tertiary/aromatic N) is 1. The third kappa shape index (κ3) is 5.88. The number of esters is 1. The average Bonchev–Trinajstić information content (AvgIpc) is 2.73. The summed E-state index contributed by atoms with van der Waals surface area (Å²) < 4.78 is 31.5. The average molecular weight is 419 g/mol. The van der Waals surface area contributed by atoms with Gasteiger partial charge in [-0.3, -0.25) is 4.79 Å². The fourth-order valence-corrected chi connectivity index (χ4v) is 4.14. The van der Waals surface area contributed by atoms with E-state index in [4.69, 9.17) is 4.74 Å². The highest BCUT2D eigenvalue weighted by molar-refractivity contribution is 7.89. The molecule has 1 N–H and O–H groups in total. The Morgan fingerprint density at radius 2 is 1.59 bits per heavy atom. The highest BCUT2D eigenvalue weighted by atomic mass is 32.2. The molecule has 0 saturated heterocycles. The molecule has 2 rings (SSSR count). The highest BCUT2D eigenvalue weighted by Gasteiger charge is 2.23. The van der Waals surface area contributed by atoms with E-state index in [2.05, 4.69) is 5.32 Å². The summed E-state index contributed by atoms with van der Waals surface area (Å²) in [6.45, 7) is 6.06. The molecule has 2 aromatic rings. The Morgan fingerprint density at radius 3 is 2.14 bits per heavy atom. The number of amides is 1. The fraction of sp³-hybridized carbons (Fsp3) is 0.333. The minimum absolute atomic E-state index is 0.103. The van der Waals surface area contributed by atoms with Gasteiger partial charge in [0.25, 0.3) is 5.91 Å². The Balaban J connectivity index is 1.97. The van der Waals surface area contributed by atoms with Gasteiger partial charge < -0.3 is 10.1 Å². The SMILES string of the molecule is CCN(CC)S(=O)(=O)c1ccc(C(=O)O[C@H](C)C(=O)NCc2ccccc2)cc1. The van der Waals surface area contributed by atoms with Crippen LogP contribution in [-0.4, -0.2) is 43.8 Å². The predicted molar refractivity (Wildman–Crippen MR) is 110 cm³/mol. The van der Waals surface area contributed by atoms with Gasteiger partial charge in [0, 0.05) is 19.6 Å². The van der Waals surface area contributed by atoms with Crippen LogP contribution in [0.1, 0.15) is 36.7 Å². The van der Waals surface area contributed by atoms with Crippen LogP contribution in [0, 0.1) is 0 Å². The van der Waals surface area contributed by atoms with E-state index >= 15 is 0 Å². The number of rotatable bonds is 9. The standard InChI is InChI=1S/C21H26N2O5S/c1-4-23(5-2)29(26,27)19-13-11-18(12-14-19)21(25)28-16(3)20(24)22-15-17-9-7-6-8-10-17/h6-14,16H,4-5,15H2,1-3H3,(H,22,24)/t16-/m1/s1. The number of benzene rings is 2. The van der Waals surface area contributed by atoms with E-state index in [1.165, 1.54) is 35.5 Å². The molecule has 0 aliphatic rings. The van der Waals surface area contributed by atoms with Crippen molar-refractivity contribution in [1.29, 1.82) is 0 Å². The molecular formula is C21H26N2O5S. The molecule has 1 amide bonds. The zero-order valence-electron chi connectivity index (χ0n) is 16.8. The maximum atomic E-state index is 12.5. The number of sulfonamides is 1. The molecule has 8 heteroatoms. The molecule has 0 fully saturated rings. The van der Waals surface area contributed by atoms with E-state index in [1.54, 1.807) is 13.8 Å². The molecule has 29 heavy (non-hydrogen) atoms. The number of hydrogen-bond donors (Lipinski definition) is 1. The molecule has 0 aliphatic carbocycles. The third-order valence-electron chi connectivity index (χ3n) is 4.40. The molecule has 1 atom stereocenters. The molecular weight excluding hydrogens is 392 g/mol. The van der Waals surface area contributed by atoms with Crippen LogP contribution in [0.3, 0.4) is 0 Å². The first-order chi connectivity index (χ1) is 13.8. The van der Waals surface area contributed by atoms with Crippen LogP contribution in [0.15, 0.2) is 59.5 Å². The second-order valence-corrected chi connectivity index (χ2v) is 8.30. The fourth-order valence-electron chi connectivity index (χ4n) is 2.69. The molecule has 0 saturated carbocycles. The van der Waals surface area contributed by atoms with Crippen molar-refractivity contribution in [3.8, 4) is 0 Å². The summed E-state index contributed by atoms with van der Waals surface area (Å²) in [6.07, 6.45) is -0.981. The predicted octanol–water partition coefficient (Wildman–Crippen LogP) is 2.58. The molecule has 2 aromatic carbocycles.